The summed E-state index contributed by atoms with van der Waals surface area (Å²) in [6.45, 7) is 3.57. The van der Waals surface area contributed by atoms with Gasteiger partial charge in [0.25, 0.3) is 5.91 Å². The van der Waals surface area contributed by atoms with Gasteiger partial charge in [-0.05, 0) is 42.8 Å². The highest BCUT2D eigenvalue weighted by Gasteiger charge is 2.32. The lowest BCUT2D eigenvalue weighted by Gasteiger charge is -2.12. The highest BCUT2D eigenvalue weighted by molar-refractivity contribution is 8.26. The molecule has 6 nitrogen and oxygen atoms in total. The Morgan fingerprint density at radius 2 is 1.97 bits per heavy atom. The molecule has 0 spiro atoms. The number of rotatable bonds is 10. The van der Waals surface area contributed by atoms with Gasteiger partial charge >= 0.3 is 0 Å². The zero-order valence-electron chi connectivity index (χ0n) is 19.6. The largest absolute Gasteiger partial charge is 0.492 e. The average molecular weight is 528 g/mol. The Labute approximate surface area is 219 Å². The summed E-state index contributed by atoms with van der Waals surface area (Å²) in [6, 6.07) is 15.5. The third-order valence-electron chi connectivity index (χ3n) is 5.40. The van der Waals surface area contributed by atoms with Crippen LogP contribution in [-0.2, 0) is 9.53 Å². The summed E-state index contributed by atoms with van der Waals surface area (Å²) in [7, 11) is 1.60. The van der Waals surface area contributed by atoms with Crippen LogP contribution in [0.1, 0.15) is 25.3 Å². The number of hydrogen-bond donors (Lipinski definition) is 0. The number of hydrogen-bond acceptors (Lipinski definition) is 6. The second kappa shape index (κ2) is 11.9. The van der Waals surface area contributed by atoms with Crippen LogP contribution < -0.4 is 4.74 Å². The molecule has 182 valence electrons. The van der Waals surface area contributed by atoms with E-state index in [1.807, 2.05) is 60.8 Å². The van der Waals surface area contributed by atoms with E-state index >= 15 is 0 Å². The smallest absolute Gasteiger partial charge is 0.266 e. The van der Waals surface area contributed by atoms with Crippen molar-refractivity contribution in [2.75, 3.05) is 26.9 Å². The van der Waals surface area contributed by atoms with E-state index in [2.05, 4.69) is 6.92 Å². The molecule has 0 bridgehead atoms. The number of unbranched alkanes of at least 4 members (excludes halogenated alkanes) is 1. The van der Waals surface area contributed by atoms with Crippen LogP contribution in [0.4, 0.5) is 0 Å². The van der Waals surface area contributed by atoms with Crippen molar-refractivity contribution in [3.63, 3.8) is 0 Å². The van der Waals surface area contributed by atoms with Gasteiger partial charge in [-0.15, -0.1) is 0 Å². The summed E-state index contributed by atoms with van der Waals surface area (Å²) in [5, 5.41) is 5.36. The molecule has 1 aliphatic heterocycles. The molecule has 2 aromatic carbocycles. The van der Waals surface area contributed by atoms with Crippen molar-refractivity contribution in [3.8, 4) is 22.7 Å². The lowest BCUT2D eigenvalue weighted by molar-refractivity contribution is -0.122. The van der Waals surface area contributed by atoms with E-state index in [1.54, 1.807) is 16.7 Å². The van der Waals surface area contributed by atoms with E-state index < -0.39 is 0 Å². The number of carbonyl (C=O) groups is 1. The maximum atomic E-state index is 13.0. The van der Waals surface area contributed by atoms with Crippen LogP contribution in [0.2, 0.25) is 5.02 Å². The molecule has 3 aromatic rings. The summed E-state index contributed by atoms with van der Waals surface area (Å²) in [5.41, 5.74) is 3.23. The Morgan fingerprint density at radius 1 is 1.17 bits per heavy atom. The molecule has 4 rings (SSSR count). The first-order valence-electron chi connectivity index (χ1n) is 11.3. The number of carbonyl (C=O) groups excluding carboxylic acids is 1. The molecule has 1 saturated heterocycles. The van der Waals surface area contributed by atoms with Crippen LogP contribution in [0.25, 0.3) is 23.0 Å². The first kappa shape index (κ1) is 25.4. The SMILES string of the molecule is CCCCOc1ccc(-c2nn(-c3ccccc3)cc2/C=C2\SC(=S)N(CCOC)C2=O)cc1Cl. The molecule has 1 amide bonds. The number of aromatic nitrogens is 2. The van der Waals surface area contributed by atoms with Gasteiger partial charge in [0.05, 0.1) is 35.4 Å². The van der Waals surface area contributed by atoms with Crippen molar-refractivity contribution < 1.29 is 14.3 Å². The van der Waals surface area contributed by atoms with Gasteiger partial charge in [-0.1, -0.05) is 67.1 Å². The Bertz CT molecular complexity index is 1240. The second-order valence-electron chi connectivity index (χ2n) is 7.89. The number of amides is 1. The van der Waals surface area contributed by atoms with Crippen LogP contribution in [0.15, 0.2) is 59.6 Å². The van der Waals surface area contributed by atoms with Gasteiger partial charge in [0.1, 0.15) is 15.8 Å². The number of nitrogens with zero attached hydrogens (tertiary/aromatic N) is 3. The fraction of sp³-hybridized carbons (Fsp3) is 0.269. The van der Waals surface area contributed by atoms with Gasteiger partial charge in [0.15, 0.2) is 0 Å². The van der Waals surface area contributed by atoms with Crippen molar-refractivity contribution in [3.05, 3.63) is 70.2 Å². The minimum Gasteiger partial charge on any atom is -0.492 e. The highest BCUT2D eigenvalue weighted by atomic mass is 35.5. The summed E-state index contributed by atoms with van der Waals surface area (Å²) < 4.78 is 13.2. The van der Waals surface area contributed by atoms with E-state index in [9.17, 15) is 4.79 Å². The van der Waals surface area contributed by atoms with Crippen molar-refractivity contribution in [1.29, 1.82) is 0 Å². The molecule has 0 saturated carbocycles. The first-order valence-corrected chi connectivity index (χ1v) is 12.9. The number of methoxy groups -OCH3 is 1. The van der Waals surface area contributed by atoms with Crippen LogP contribution in [-0.4, -0.2) is 51.8 Å². The molecular formula is C26H26ClN3O3S2. The van der Waals surface area contributed by atoms with Gasteiger partial charge < -0.3 is 9.47 Å². The lowest BCUT2D eigenvalue weighted by Crippen LogP contribution is -2.31. The highest BCUT2D eigenvalue weighted by Crippen LogP contribution is 2.36. The summed E-state index contributed by atoms with van der Waals surface area (Å²) in [6.07, 6.45) is 5.76. The normalized spacial score (nSPS) is 14.8. The van der Waals surface area contributed by atoms with Crippen molar-refractivity contribution in [2.24, 2.45) is 0 Å². The Morgan fingerprint density at radius 3 is 2.69 bits per heavy atom. The van der Waals surface area contributed by atoms with Crippen LogP contribution in [0, 0.1) is 0 Å². The molecule has 2 heterocycles. The van der Waals surface area contributed by atoms with Gasteiger partial charge in [-0.2, -0.15) is 5.10 Å². The van der Waals surface area contributed by atoms with Crippen LogP contribution >= 0.6 is 35.6 Å². The number of para-hydroxylation sites is 1. The predicted molar refractivity (Wildman–Crippen MR) is 146 cm³/mol. The van der Waals surface area contributed by atoms with Crippen molar-refractivity contribution in [2.45, 2.75) is 19.8 Å². The standard InChI is InChI=1S/C26H26ClN3O3S2/c1-3-4-13-33-22-11-10-18(15-21(22)27)24-19(17-30(28-24)20-8-6-5-7-9-20)16-23-25(31)29(12-14-32-2)26(34)35-23/h5-11,15-17H,3-4,12-14H2,1-2H3/b23-16-. The lowest BCUT2D eigenvalue weighted by atomic mass is 10.1. The maximum Gasteiger partial charge on any atom is 0.266 e. The fourth-order valence-corrected chi connectivity index (χ4v) is 5.07. The molecule has 1 fully saturated rings. The monoisotopic (exact) mass is 527 g/mol. The van der Waals surface area contributed by atoms with Gasteiger partial charge in [-0.3, -0.25) is 9.69 Å². The van der Waals surface area contributed by atoms with Crippen molar-refractivity contribution >= 4 is 51.9 Å². The molecule has 0 aliphatic carbocycles. The topological polar surface area (TPSA) is 56.6 Å². The summed E-state index contributed by atoms with van der Waals surface area (Å²) >= 11 is 13.3. The van der Waals surface area contributed by atoms with Crippen LogP contribution in [0.3, 0.4) is 0 Å². The van der Waals surface area contributed by atoms with E-state index in [4.69, 9.17) is 38.4 Å². The van der Waals surface area contributed by atoms with Gasteiger partial charge in [0.2, 0.25) is 0 Å². The number of thiocarbonyl (C=S) groups is 1. The molecule has 1 aromatic heterocycles. The minimum absolute atomic E-state index is 0.131. The van der Waals surface area contributed by atoms with Gasteiger partial charge in [-0.25, -0.2) is 4.68 Å². The Kier molecular flexibility index (Phi) is 8.62. The number of benzene rings is 2. The number of halogens is 1. The number of thioether (sulfide) groups is 1. The molecule has 1 aliphatic rings. The average Bonchev–Trinajstić information content (AvgIpc) is 3.40. The molecule has 9 heteroatoms. The molecular weight excluding hydrogens is 502 g/mol. The third kappa shape index (κ3) is 5.95. The first-order chi connectivity index (χ1) is 17.0. The summed E-state index contributed by atoms with van der Waals surface area (Å²) in [5.74, 6) is 0.514. The third-order valence-corrected chi connectivity index (χ3v) is 7.08. The molecule has 35 heavy (non-hydrogen) atoms. The van der Waals surface area contributed by atoms with E-state index in [1.165, 1.54) is 11.8 Å². The minimum atomic E-state index is -0.131. The van der Waals surface area contributed by atoms with Crippen LogP contribution in [0.5, 0.6) is 5.75 Å². The number of ether oxygens (including phenoxy) is 2. The Balaban J connectivity index is 1.72. The van der Waals surface area contributed by atoms with Gasteiger partial charge in [0, 0.05) is 24.4 Å². The van der Waals surface area contributed by atoms with Crippen molar-refractivity contribution in [1.82, 2.24) is 14.7 Å². The zero-order valence-corrected chi connectivity index (χ0v) is 22.0. The predicted octanol–water partition coefficient (Wildman–Crippen LogP) is 6.22. The summed E-state index contributed by atoms with van der Waals surface area (Å²) in [4.78, 5) is 15.1. The molecule has 0 unspecified atom stereocenters. The second-order valence-corrected chi connectivity index (χ2v) is 9.97. The molecule has 0 radical (unpaired) electrons. The maximum absolute atomic E-state index is 13.0. The quantitative estimate of drug-likeness (QED) is 0.177. The molecule has 0 N–H and O–H groups in total. The zero-order chi connectivity index (χ0) is 24.8. The van der Waals surface area contributed by atoms with E-state index in [-0.39, 0.29) is 5.91 Å². The molecule has 0 atom stereocenters. The van der Waals surface area contributed by atoms with E-state index in [0.29, 0.717) is 45.5 Å². The fourth-order valence-electron chi connectivity index (χ4n) is 3.54. The Hall–Kier alpha value is -2.65. The van der Waals surface area contributed by atoms with E-state index in [0.717, 1.165) is 29.7 Å².